The van der Waals surface area contributed by atoms with Crippen molar-refractivity contribution in [3.63, 3.8) is 0 Å². The van der Waals surface area contributed by atoms with Crippen LogP contribution in [0.3, 0.4) is 0 Å². The number of halogens is 1. The zero-order valence-corrected chi connectivity index (χ0v) is 16.8. The van der Waals surface area contributed by atoms with E-state index < -0.39 is 6.04 Å². The van der Waals surface area contributed by atoms with Gasteiger partial charge in [-0.15, -0.1) is 0 Å². The average Bonchev–Trinajstić information content (AvgIpc) is 2.64. The standard InChI is InChI=1S/C20H24BrN3O2/c1-4-24(5-2)18-12-10-17(11-13-18)23-19(25)14(3)22-20(26)15-6-8-16(21)9-7-15/h6-14H,4-5H2,1-3H3,(H,22,26)(H,23,25). The Bertz CT molecular complexity index is 741. The van der Waals surface area contributed by atoms with E-state index in [-0.39, 0.29) is 11.8 Å². The molecule has 0 aliphatic carbocycles. The molecular formula is C20H24BrN3O2. The SMILES string of the molecule is CCN(CC)c1ccc(NC(=O)C(C)NC(=O)c2ccc(Br)cc2)cc1. The van der Waals surface area contributed by atoms with Crippen LogP contribution in [0.2, 0.25) is 0 Å². The summed E-state index contributed by atoms with van der Waals surface area (Å²) in [6.07, 6.45) is 0. The highest BCUT2D eigenvalue weighted by Gasteiger charge is 2.17. The van der Waals surface area contributed by atoms with Gasteiger partial charge in [-0.25, -0.2) is 0 Å². The van der Waals surface area contributed by atoms with Crippen LogP contribution in [0.5, 0.6) is 0 Å². The van der Waals surface area contributed by atoms with Gasteiger partial charge in [0.15, 0.2) is 0 Å². The summed E-state index contributed by atoms with van der Waals surface area (Å²) in [5, 5.41) is 5.54. The number of carbonyl (C=O) groups is 2. The molecule has 0 saturated carbocycles. The molecule has 1 atom stereocenters. The summed E-state index contributed by atoms with van der Waals surface area (Å²) in [7, 11) is 0. The maximum absolute atomic E-state index is 12.3. The fraction of sp³-hybridized carbons (Fsp3) is 0.300. The predicted octanol–water partition coefficient (Wildman–Crippen LogP) is 4.05. The van der Waals surface area contributed by atoms with Crippen molar-refractivity contribution in [1.29, 1.82) is 0 Å². The van der Waals surface area contributed by atoms with Crippen molar-refractivity contribution in [2.24, 2.45) is 0 Å². The summed E-state index contributed by atoms with van der Waals surface area (Å²) in [6, 6.07) is 14.0. The summed E-state index contributed by atoms with van der Waals surface area (Å²) in [6.45, 7) is 7.74. The van der Waals surface area contributed by atoms with Gasteiger partial charge in [-0.2, -0.15) is 0 Å². The van der Waals surface area contributed by atoms with Crippen molar-refractivity contribution in [2.45, 2.75) is 26.8 Å². The maximum atomic E-state index is 12.3. The summed E-state index contributed by atoms with van der Waals surface area (Å²) < 4.78 is 0.896. The van der Waals surface area contributed by atoms with Crippen molar-refractivity contribution in [1.82, 2.24) is 5.32 Å². The number of amides is 2. The monoisotopic (exact) mass is 417 g/mol. The zero-order chi connectivity index (χ0) is 19.1. The second-order valence-electron chi connectivity index (χ2n) is 5.91. The molecule has 0 aliphatic rings. The first-order valence-corrected chi connectivity index (χ1v) is 9.46. The molecule has 26 heavy (non-hydrogen) atoms. The van der Waals surface area contributed by atoms with Gasteiger partial charge in [0.1, 0.15) is 6.04 Å². The minimum Gasteiger partial charge on any atom is -0.372 e. The predicted molar refractivity (Wildman–Crippen MR) is 110 cm³/mol. The molecule has 0 spiro atoms. The van der Waals surface area contributed by atoms with Crippen LogP contribution in [0.25, 0.3) is 0 Å². The molecule has 0 aliphatic heterocycles. The largest absolute Gasteiger partial charge is 0.372 e. The highest BCUT2D eigenvalue weighted by molar-refractivity contribution is 9.10. The molecule has 0 radical (unpaired) electrons. The normalized spacial score (nSPS) is 11.5. The molecular weight excluding hydrogens is 394 g/mol. The molecule has 2 aromatic rings. The van der Waals surface area contributed by atoms with Gasteiger partial charge in [0.25, 0.3) is 5.91 Å². The third kappa shape index (κ3) is 5.33. The van der Waals surface area contributed by atoms with Crippen LogP contribution < -0.4 is 15.5 Å². The van der Waals surface area contributed by atoms with Crippen LogP contribution in [0.4, 0.5) is 11.4 Å². The zero-order valence-electron chi connectivity index (χ0n) is 15.3. The first-order valence-electron chi connectivity index (χ1n) is 8.66. The van der Waals surface area contributed by atoms with Crippen molar-refractivity contribution in [2.75, 3.05) is 23.3 Å². The van der Waals surface area contributed by atoms with Crippen molar-refractivity contribution >= 4 is 39.1 Å². The lowest BCUT2D eigenvalue weighted by Crippen LogP contribution is -2.41. The highest BCUT2D eigenvalue weighted by atomic mass is 79.9. The van der Waals surface area contributed by atoms with Crippen LogP contribution in [0.15, 0.2) is 53.0 Å². The third-order valence-corrected chi connectivity index (χ3v) is 4.64. The number of rotatable bonds is 7. The lowest BCUT2D eigenvalue weighted by molar-refractivity contribution is -0.117. The topological polar surface area (TPSA) is 61.4 Å². The van der Waals surface area contributed by atoms with E-state index in [1.165, 1.54) is 0 Å². The third-order valence-electron chi connectivity index (χ3n) is 4.11. The average molecular weight is 418 g/mol. The van der Waals surface area contributed by atoms with Crippen molar-refractivity contribution < 1.29 is 9.59 Å². The van der Waals surface area contributed by atoms with Gasteiger partial charge < -0.3 is 15.5 Å². The Morgan fingerprint density at radius 3 is 2.12 bits per heavy atom. The fourth-order valence-electron chi connectivity index (χ4n) is 2.54. The lowest BCUT2D eigenvalue weighted by Gasteiger charge is -2.21. The second kappa shape index (κ2) is 9.38. The molecule has 6 heteroatoms. The van der Waals surface area contributed by atoms with Crippen LogP contribution >= 0.6 is 15.9 Å². The summed E-state index contributed by atoms with van der Waals surface area (Å²) >= 11 is 3.33. The highest BCUT2D eigenvalue weighted by Crippen LogP contribution is 2.18. The summed E-state index contributed by atoms with van der Waals surface area (Å²) in [4.78, 5) is 26.7. The van der Waals surface area contributed by atoms with Gasteiger partial charge in [-0.1, -0.05) is 15.9 Å². The Kier molecular flexibility index (Phi) is 7.21. The van der Waals surface area contributed by atoms with Gasteiger partial charge in [0, 0.05) is 34.5 Å². The van der Waals surface area contributed by atoms with Gasteiger partial charge in [-0.3, -0.25) is 9.59 Å². The maximum Gasteiger partial charge on any atom is 0.251 e. The first-order chi connectivity index (χ1) is 12.4. The van der Waals surface area contributed by atoms with E-state index in [0.717, 1.165) is 23.2 Å². The first kappa shape index (κ1) is 20.0. The molecule has 1 unspecified atom stereocenters. The number of nitrogens with one attached hydrogen (secondary N) is 2. The number of carbonyl (C=O) groups excluding carboxylic acids is 2. The molecule has 2 rings (SSSR count). The number of benzene rings is 2. The van der Waals surface area contributed by atoms with E-state index >= 15 is 0 Å². The molecule has 138 valence electrons. The Morgan fingerprint density at radius 1 is 1.00 bits per heavy atom. The van der Waals surface area contributed by atoms with Gasteiger partial charge in [-0.05, 0) is 69.3 Å². The van der Waals surface area contributed by atoms with Crippen molar-refractivity contribution in [3.05, 3.63) is 58.6 Å². The van der Waals surface area contributed by atoms with Gasteiger partial charge in [0.2, 0.25) is 5.91 Å². The van der Waals surface area contributed by atoms with Crippen LogP contribution in [-0.2, 0) is 4.79 Å². The molecule has 0 saturated heterocycles. The molecule has 0 aromatic heterocycles. The Labute approximate surface area is 162 Å². The van der Waals surface area contributed by atoms with E-state index in [0.29, 0.717) is 11.3 Å². The van der Waals surface area contributed by atoms with Gasteiger partial charge in [0.05, 0.1) is 0 Å². The number of nitrogens with zero attached hydrogens (tertiary/aromatic N) is 1. The Hall–Kier alpha value is -2.34. The van der Waals surface area contributed by atoms with Crippen molar-refractivity contribution in [3.8, 4) is 0 Å². The smallest absolute Gasteiger partial charge is 0.251 e. The van der Waals surface area contributed by atoms with Crippen LogP contribution in [0.1, 0.15) is 31.1 Å². The van der Waals surface area contributed by atoms with E-state index in [1.54, 1.807) is 31.2 Å². The molecule has 0 bridgehead atoms. The minimum atomic E-state index is -0.645. The van der Waals surface area contributed by atoms with E-state index in [9.17, 15) is 9.59 Å². The van der Waals surface area contributed by atoms with E-state index in [4.69, 9.17) is 0 Å². The number of hydrogen-bond acceptors (Lipinski definition) is 3. The Balaban J connectivity index is 1.94. The van der Waals surface area contributed by atoms with Crippen LogP contribution in [0, 0.1) is 0 Å². The molecule has 0 heterocycles. The van der Waals surface area contributed by atoms with E-state index in [1.807, 2.05) is 24.3 Å². The minimum absolute atomic E-state index is 0.258. The molecule has 0 fully saturated rings. The lowest BCUT2D eigenvalue weighted by atomic mass is 10.2. The van der Waals surface area contributed by atoms with Crippen LogP contribution in [-0.4, -0.2) is 30.9 Å². The van der Waals surface area contributed by atoms with Gasteiger partial charge >= 0.3 is 0 Å². The fourth-order valence-corrected chi connectivity index (χ4v) is 2.81. The second-order valence-corrected chi connectivity index (χ2v) is 6.83. The molecule has 2 N–H and O–H groups in total. The number of anilines is 2. The quantitative estimate of drug-likeness (QED) is 0.713. The number of hydrogen-bond donors (Lipinski definition) is 2. The van der Waals surface area contributed by atoms with E-state index in [2.05, 4.69) is 45.3 Å². The molecule has 2 aromatic carbocycles. The summed E-state index contributed by atoms with van der Waals surface area (Å²) in [5.74, 6) is -0.539. The Morgan fingerprint density at radius 2 is 1.58 bits per heavy atom. The summed E-state index contributed by atoms with van der Waals surface area (Å²) in [5.41, 5.74) is 2.33. The molecule has 2 amide bonds. The molecule has 5 nitrogen and oxygen atoms in total.